The zero-order valence-corrected chi connectivity index (χ0v) is 21.5. The van der Waals surface area contributed by atoms with Gasteiger partial charge in [-0.05, 0) is 102 Å². The molecule has 1 aliphatic carbocycles. The first kappa shape index (κ1) is 23.8. The summed E-state index contributed by atoms with van der Waals surface area (Å²) in [6.07, 6.45) is 6.14. The highest BCUT2D eigenvalue weighted by atomic mass is 16.3. The molecule has 0 bridgehead atoms. The lowest BCUT2D eigenvalue weighted by atomic mass is 9.85. The molecule has 1 aliphatic heterocycles. The Bertz CT molecular complexity index is 1340. The van der Waals surface area contributed by atoms with Gasteiger partial charge in [0, 0.05) is 12.6 Å². The van der Waals surface area contributed by atoms with Crippen LogP contribution in [0, 0.1) is 17.2 Å². The van der Waals surface area contributed by atoms with Gasteiger partial charge in [0.15, 0.2) is 0 Å². The first-order chi connectivity index (χ1) is 16.6. The Hall–Kier alpha value is -2.93. The quantitative estimate of drug-likeness (QED) is 0.444. The van der Waals surface area contributed by atoms with Crippen LogP contribution in [-0.4, -0.2) is 29.2 Å². The van der Waals surface area contributed by atoms with Gasteiger partial charge in [0.2, 0.25) is 0 Å². The van der Waals surface area contributed by atoms with E-state index >= 15 is 0 Å². The molecule has 2 aliphatic rings. The van der Waals surface area contributed by atoms with Crippen LogP contribution in [0.2, 0.25) is 0 Å². The Morgan fingerprint density at radius 2 is 1.83 bits per heavy atom. The van der Waals surface area contributed by atoms with Gasteiger partial charge in [-0.1, -0.05) is 62.4 Å². The summed E-state index contributed by atoms with van der Waals surface area (Å²) in [5.41, 5.74) is 6.68. The number of nitriles is 1. The smallest absolute Gasteiger partial charge is 0.0991 e. The van der Waals surface area contributed by atoms with Gasteiger partial charge in [-0.2, -0.15) is 5.26 Å². The van der Waals surface area contributed by atoms with Crippen LogP contribution in [0.25, 0.3) is 16.8 Å². The van der Waals surface area contributed by atoms with Gasteiger partial charge in [0.05, 0.1) is 17.2 Å². The minimum absolute atomic E-state index is 0.490. The summed E-state index contributed by atoms with van der Waals surface area (Å²) in [5, 5.41) is 21.9. The molecule has 1 heterocycles. The highest BCUT2D eigenvalue weighted by molar-refractivity contribution is 5.92. The third-order valence-corrected chi connectivity index (χ3v) is 7.78. The molecule has 3 atom stereocenters. The van der Waals surface area contributed by atoms with Gasteiger partial charge in [-0.15, -0.1) is 0 Å². The van der Waals surface area contributed by atoms with E-state index in [1.165, 1.54) is 22.3 Å². The van der Waals surface area contributed by atoms with E-state index in [0.29, 0.717) is 29.4 Å². The molecule has 5 rings (SSSR count). The van der Waals surface area contributed by atoms with Gasteiger partial charge in [-0.3, -0.25) is 4.90 Å². The number of benzene rings is 3. The molecular formula is C32H36N2O. The van der Waals surface area contributed by atoms with E-state index in [-0.39, 0.29) is 0 Å². The SMILES string of the molecule is CC(C)C1c2cc(C3CC3c3cc(/C=C/C(C)(C)O)c4cc(C#N)ccc4c3)ccc2CCN1C. The van der Waals surface area contributed by atoms with Crippen molar-refractivity contribution in [3.8, 4) is 6.07 Å². The first-order valence-electron chi connectivity index (χ1n) is 12.9. The fourth-order valence-electron chi connectivity index (χ4n) is 5.95. The largest absolute Gasteiger partial charge is 0.386 e. The third kappa shape index (κ3) is 4.79. The number of fused-ring (bicyclic) bond motifs is 2. The van der Waals surface area contributed by atoms with Crippen molar-refractivity contribution < 1.29 is 5.11 Å². The molecule has 3 unspecified atom stereocenters. The standard InChI is InChI=1S/C32H36N2O/c1-20(2)31-30-17-24(9-8-22(30)11-13-34(31)5)28-18-29(28)26-15-23-7-6-21(19-33)14-27(23)25(16-26)10-12-32(3,4)35/h6-10,12,14-17,20,28-29,31,35H,11,13,18H2,1-5H3/b12-10+. The third-order valence-electron chi connectivity index (χ3n) is 7.78. The summed E-state index contributed by atoms with van der Waals surface area (Å²) in [5.74, 6) is 1.64. The molecule has 3 heteroatoms. The van der Waals surface area contributed by atoms with Gasteiger partial charge >= 0.3 is 0 Å². The first-order valence-corrected chi connectivity index (χ1v) is 12.9. The van der Waals surface area contributed by atoms with Crippen LogP contribution in [0.5, 0.6) is 0 Å². The fraction of sp³-hybridized carbons (Fsp3) is 0.406. The van der Waals surface area contributed by atoms with E-state index < -0.39 is 5.60 Å². The Morgan fingerprint density at radius 1 is 1.06 bits per heavy atom. The summed E-state index contributed by atoms with van der Waals surface area (Å²) >= 11 is 0. The number of likely N-dealkylation sites (N-methyl/N-ethyl adjacent to an activating group) is 1. The van der Waals surface area contributed by atoms with E-state index in [0.717, 1.165) is 35.7 Å². The van der Waals surface area contributed by atoms with E-state index in [2.05, 4.69) is 68.3 Å². The van der Waals surface area contributed by atoms with E-state index in [1.807, 2.05) is 24.3 Å². The minimum Gasteiger partial charge on any atom is -0.386 e. The van der Waals surface area contributed by atoms with Gasteiger partial charge < -0.3 is 5.11 Å². The number of nitrogens with zero attached hydrogens (tertiary/aromatic N) is 2. The molecule has 3 aromatic carbocycles. The average molecular weight is 465 g/mol. The zero-order chi connectivity index (χ0) is 24.9. The maximum absolute atomic E-state index is 10.3. The lowest BCUT2D eigenvalue weighted by Gasteiger charge is -2.37. The van der Waals surface area contributed by atoms with Crippen LogP contribution in [-0.2, 0) is 6.42 Å². The van der Waals surface area contributed by atoms with Gasteiger partial charge in [-0.25, -0.2) is 0 Å². The molecular weight excluding hydrogens is 428 g/mol. The van der Waals surface area contributed by atoms with Gasteiger partial charge in [0.25, 0.3) is 0 Å². The van der Waals surface area contributed by atoms with Crippen LogP contribution in [0.4, 0.5) is 0 Å². The lowest BCUT2D eigenvalue weighted by Crippen LogP contribution is -2.35. The summed E-state index contributed by atoms with van der Waals surface area (Å²) < 4.78 is 0. The van der Waals surface area contributed by atoms with Crippen LogP contribution in [0.3, 0.4) is 0 Å². The average Bonchev–Trinajstić information content (AvgIpc) is 3.62. The summed E-state index contributed by atoms with van der Waals surface area (Å²) in [6.45, 7) is 9.36. The maximum Gasteiger partial charge on any atom is 0.0991 e. The van der Waals surface area contributed by atoms with Crippen molar-refractivity contribution in [3.63, 3.8) is 0 Å². The normalized spacial score (nSPS) is 22.5. The molecule has 180 valence electrons. The molecule has 1 N–H and O–H groups in total. The minimum atomic E-state index is -0.888. The van der Waals surface area contributed by atoms with Crippen LogP contribution in [0.15, 0.2) is 54.6 Å². The number of hydrogen-bond donors (Lipinski definition) is 1. The topological polar surface area (TPSA) is 47.3 Å². The van der Waals surface area contributed by atoms with Crippen LogP contribution in [0.1, 0.15) is 85.4 Å². The van der Waals surface area contributed by atoms with E-state index in [1.54, 1.807) is 13.8 Å². The fourth-order valence-corrected chi connectivity index (χ4v) is 5.95. The van der Waals surface area contributed by atoms with Crippen molar-refractivity contribution in [1.29, 1.82) is 5.26 Å². The molecule has 35 heavy (non-hydrogen) atoms. The van der Waals surface area contributed by atoms with E-state index in [9.17, 15) is 10.4 Å². The van der Waals surface area contributed by atoms with Crippen molar-refractivity contribution in [1.82, 2.24) is 4.90 Å². The van der Waals surface area contributed by atoms with E-state index in [4.69, 9.17) is 0 Å². The Labute approximate surface area is 209 Å². The second-order valence-corrected chi connectivity index (χ2v) is 11.5. The van der Waals surface area contributed by atoms with Crippen molar-refractivity contribution in [3.05, 3.63) is 88.0 Å². The predicted octanol–water partition coefficient (Wildman–Crippen LogP) is 6.95. The maximum atomic E-state index is 10.3. The molecule has 3 nitrogen and oxygen atoms in total. The molecule has 0 aromatic heterocycles. The zero-order valence-electron chi connectivity index (χ0n) is 21.5. The highest BCUT2D eigenvalue weighted by Gasteiger charge is 2.40. The Morgan fingerprint density at radius 3 is 2.54 bits per heavy atom. The van der Waals surface area contributed by atoms with Crippen molar-refractivity contribution >= 4 is 16.8 Å². The molecule has 3 aromatic rings. The Balaban J connectivity index is 1.50. The molecule has 0 radical (unpaired) electrons. The lowest BCUT2D eigenvalue weighted by molar-refractivity contribution is 0.134. The highest BCUT2D eigenvalue weighted by Crippen LogP contribution is 2.56. The summed E-state index contributed by atoms with van der Waals surface area (Å²) in [4.78, 5) is 2.52. The number of rotatable bonds is 5. The molecule has 0 saturated heterocycles. The van der Waals surface area contributed by atoms with Crippen LogP contribution >= 0.6 is 0 Å². The number of hydrogen-bond acceptors (Lipinski definition) is 3. The predicted molar refractivity (Wildman–Crippen MR) is 144 cm³/mol. The van der Waals surface area contributed by atoms with Gasteiger partial charge in [0.1, 0.15) is 0 Å². The summed E-state index contributed by atoms with van der Waals surface area (Å²) in [6, 6.07) is 20.5. The monoisotopic (exact) mass is 464 g/mol. The molecule has 1 saturated carbocycles. The van der Waals surface area contributed by atoms with Crippen molar-refractivity contribution in [2.45, 2.75) is 64.0 Å². The second-order valence-electron chi connectivity index (χ2n) is 11.5. The second kappa shape index (κ2) is 8.94. The number of aliphatic hydroxyl groups is 1. The molecule has 0 spiro atoms. The van der Waals surface area contributed by atoms with Crippen LogP contribution < -0.4 is 0 Å². The Kier molecular flexibility index (Phi) is 6.08. The summed E-state index contributed by atoms with van der Waals surface area (Å²) in [7, 11) is 2.26. The van der Waals surface area contributed by atoms with Crippen molar-refractivity contribution in [2.75, 3.05) is 13.6 Å². The molecule has 0 amide bonds. The molecule has 1 fully saturated rings. The van der Waals surface area contributed by atoms with Crippen molar-refractivity contribution in [2.24, 2.45) is 5.92 Å².